The monoisotopic (exact) mass is 403 g/mol. The quantitative estimate of drug-likeness (QED) is 0.679. The third kappa shape index (κ3) is 4.13. The number of anilines is 1. The molecule has 2 aromatic carbocycles. The zero-order valence-corrected chi connectivity index (χ0v) is 17.2. The fourth-order valence-electron chi connectivity index (χ4n) is 4.00. The van der Waals surface area contributed by atoms with E-state index in [0.29, 0.717) is 23.4 Å². The average Bonchev–Trinajstić information content (AvgIpc) is 2.76. The van der Waals surface area contributed by atoms with E-state index in [2.05, 4.69) is 15.5 Å². The number of rotatable bonds is 5. The van der Waals surface area contributed by atoms with Crippen molar-refractivity contribution in [3.63, 3.8) is 0 Å². The van der Waals surface area contributed by atoms with Gasteiger partial charge in [0.25, 0.3) is 11.5 Å². The molecule has 1 aromatic heterocycles. The van der Waals surface area contributed by atoms with Crippen LogP contribution in [0, 0.1) is 6.92 Å². The molecule has 0 spiro atoms. The van der Waals surface area contributed by atoms with Crippen LogP contribution in [0.3, 0.4) is 0 Å². The first-order valence-electron chi connectivity index (χ1n) is 10.2. The summed E-state index contributed by atoms with van der Waals surface area (Å²) in [5.74, 6) is 0.423. The zero-order valence-electron chi connectivity index (χ0n) is 17.2. The third-order valence-electron chi connectivity index (χ3n) is 5.55. The molecule has 1 amide bonds. The highest BCUT2D eigenvalue weighted by Gasteiger charge is 2.18. The average molecular weight is 403 g/mol. The van der Waals surface area contributed by atoms with E-state index in [0.717, 1.165) is 53.6 Å². The van der Waals surface area contributed by atoms with Gasteiger partial charge in [0.1, 0.15) is 5.75 Å². The topological polar surface area (TPSA) is 84.1 Å². The number of aromatic amines is 1. The lowest BCUT2D eigenvalue weighted by Crippen LogP contribution is -2.23. The first-order chi connectivity index (χ1) is 14.5. The van der Waals surface area contributed by atoms with Gasteiger partial charge < -0.3 is 10.1 Å². The van der Waals surface area contributed by atoms with Gasteiger partial charge in [0, 0.05) is 17.5 Å². The van der Waals surface area contributed by atoms with E-state index >= 15 is 0 Å². The van der Waals surface area contributed by atoms with E-state index in [1.54, 1.807) is 13.2 Å². The summed E-state index contributed by atoms with van der Waals surface area (Å²) in [4.78, 5) is 24.9. The molecule has 1 aliphatic carbocycles. The molecule has 1 aliphatic rings. The molecule has 0 unspecified atom stereocenters. The van der Waals surface area contributed by atoms with Crippen LogP contribution >= 0.6 is 0 Å². The summed E-state index contributed by atoms with van der Waals surface area (Å²) in [6, 6.07) is 13.2. The van der Waals surface area contributed by atoms with Gasteiger partial charge in [-0.2, -0.15) is 5.10 Å². The highest BCUT2D eigenvalue weighted by molar-refractivity contribution is 6.05. The minimum absolute atomic E-state index is 0.0753. The van der Waals surface area contributed by atoms with Crippen LogP contribution in [-0.2, 0) is 19.3 Å². The Hall–Kier alpha value is -3.41. The maximum absolute atomic E-state index is 12.8. The van der Waals surface area contributed by atoms with Crippen molar-refractivity contribution in [2.24, 2.45) is 0 Å². The SMILES string of the molecule is COc1ccc(C)cc1NC(=O)c1cccc(Cc2n[nH]c(=O)c3c2CCCC3)c1. The van der Waals surface area contributed by atoms with Gasteiger partial charge in [-0.05, 0) is 73.6 Å². The molecule has 3 aromatic rings. The minimum Gasteiger partial charge on any atom is -0.495 e. The van der Waals surface area contributed by atoms with E-state index in [1.165, 1.54) is 0 Å². The van der Waals surface area contributed by atoms with Crippen LogP contribution in [0.15, 0.2) is 47.3 Å². The lowest BCUT2D eigenvalue weighted by Gasteiger charge is -2.17. The molecule has 2 N–H and O–H groups in total. The van der Waals surface area contributed by atoms with Crippen molar-refractivity contribution in [2.45, 2.75) is 39.0 Å². The molecule has 4 rings (SSSR count). The van der Waals surface area contributed by atoms with Gasteiger partial charge in [-0.3, -0.25) is 9.59 Å². The van der Waals surface area contributed by atoms with Crippen LogP contribution in [0.2, 0.25) is 0 Å². The second-order valence-electron chi connectivity index (χ2n) is 7.70. The Labute approximate surface area is 175 Å². The molecule has 6 nitrogen and oxygen atoms in total. The number of benzene rings is 2. The lowest BCUT2D eigenvalue weighted by atomic mass is 9.90. The van der Waals surface area contributed by atoms with Crippen LogP contribution < -0.4 is 15.6 Å². The smallest absolute Gasteiger partial charge is 0.267 e. The standard InChI is InChI=1S/C24H25N3O3/c1-15-10-11-22(30-2)21(12-15)25-23(28)17-7-5-6-16(13-17)14-20-18-8-3-4-9-19(18)24(29)27-26-20/h5-7,10-13H,3-4,8-9,14H2,1-2H3,(H,25,28)(H,27,29). The molecule has 1 heterocycles. The molecule has 0 atom stereocenters. The lowest BCUT2D eigenvalue weighted by molar-refractivity contribution is 0.102. The number of nitrogens with zero attached hydrogens (tertiary/aromatic N) is 1. The highest BCUT2D eigenvalue weighted by atomic mass is 16.5. The number of hydrogen-bond acceptors (Lipinski definition) is 4. The molecule has 0 radical (unpaired) electrons. The Balaban J connectivity index is 1.57. The van der Waals surface area contributed by atoms with E-state index < -0.39 is 0 Å². The third-order valence-corrected chi connectivity index (χ3v) is 5.55. The Morgan fingerprint density at radius 1 is 1.13 bits per heavy atom. The van der Waals surface area contributed by atoms with Crippen LogP contribution in [0.4, 0.5) is 5.69 Å². The molecule has 0 fully saturated rings. The van der Waals surface area contributed by atoms with Gasteiger partial charge in [0.05, 0.1) is 18.5 Å². The molecule has 6 heteroatoms. The molecule has 0 saturated heterocycles. The van der Waals surface area contributed by atoms with Crippen molar-refractivity contribution in [2.75, 3.05) is 12.4 Å². The molecule has 154 valence electrons. The Morgan fingerprint density at radius 2 is 1.93 bits per heavy atom. The summed E-state index contributed by atoms with van der Waals surface area (Å²) >= 11 is 0. The number of aromatic nitrogens is 2. The van der Waals surface area contributed by atoms with Gasteiger partial charge in [0.15, 0.2) is 0 Å². The number of fused-ring (bicyclic) bond motifs is 1. The van der Waals surface area contributed by atoms with Crippen molar-refractivity contribution in [3.8, 4) is 5.75 Å². The van der Waals surface area contributed by atoms with Crippen LogP contribution in [-0.4, -0.2) is 23.2 Å². The van der Waals surface area contributed by atoms with Crippen molar-refractivity contribution < 1.29 is 9.53 Å². The van der Waals surface area contributed by atoms with E-state index in [1.807, 2.05) is 43.3 Å². The van der Waals surface area contributed by atoms with Crippen molar-refractivity contribution >= 4 is 11.6 Å². The summed E-state index contributed by atoms with van der Waals surface area (Å²) in [5.41, 5.74) is 5.98. The van der Waals surface area contributed by atoms with Crippen LogP contribution in [0.25, 0.3) is 0 Å². The maximum Gasteiger partial charge on any atom is 0.267 e. The van der Waals surface area contributed by atoms with E-state index in [4.69, 9.17) is 4.74 Å². The minimum atomic E-state index is -0.197. The van der Waals surface area contributed by atoms with Crippen LogP contribution in [0.5, 0.6) is 5.75 Å². The number of H-pyrrole nitrogens is 1. The van der Waals surface area contributed by atoms with Gasteiger partial charge in [-0.15, -0.1) is 0 Å². The predicted octanol–water partition coefficient (Wildman–Crippen LogP) is 3.81. The number of methoxy groups -OCH3 is 1. The number of ether oxygens (including phenoxy) is 1. The second-order valence-corrected chi connectivity index (χ2v) is 7.70. The van der Waals surface area contributed by atoms with Gasteiger partial charge >= 0.3 is 0 Å². The van der Waals surface area contributed by atoms with E-state index in [9.17, 15) is 9.59 Å². The number of amides is 1. The molecular formula is C24H25N3O3. The normalized spacial score (nSPS) is 12.9. The van der Waals surface area contributed by atoms with Gasteiger partial charge in [-0.25, -0.2) is 5.10 Å². The van der Waals surface area contributed by atoms with Crippen LogP contribution in [0.1, 0.15) is 51.1 Å². The molecular weight excluding hydrogens is 378 g/mol. The summed E-state index contributed by atoms with van der Waals surface area (Å²) < 4.78 is 5.35. The zero-order chi connectivity index (χ0) is 21.1. The fourth-order valence-corrected chi connectivity index (χ4v) is 4.00. The van der Waals surface area contributed by atoms with Gasteiger partial charge in [0.2, 0.25) is 0 Å². The molecule has 0 bridgehead atoms. The Bertz CT molecular complexity index is 1150. The van der Waals surface area contributed by atoms with Crippen molar-refractivity contribution in [3.05, 3.63) is 86.3 Å². The second kappa shape index (κ2) is 8.53. The van der Waals surface area contributed by atoms with E-state index in [-0.39, 0.29) is 11.5 Å². The summed E-state index contributed by atoms with van der Waals surface area (Å²) in [5, 5.41) is 9.88. The number of aryl methyl sites for hydroxylation is 1. The molecule has 0 aliphatic heterocycles. The summed E-state index contributed by atoms with van der Waals surface area (Å²) in [6.07, 6.45) is 4.38. The van der Waals surface area contributed by atoms with Crippen molar-refractivity contribution in [1.82, 2.24) is 10.2 Å². The first kappa shape index (κ1) is 19.9. The Morgan fingerprint density at radius 3 is 2.73 bits per heavy atom. The number of carbonyl (C=O) groups is 1. The predicted molar refractivity (Wildman–Crippen MR) is 116 cm³/mol. The Kier molecular flexibility index (Phi) is 5.65. The van der Waals surface area contributed by atoms with Gasteiger partial charge in [-0.1, -0.05) is 18.2 Å². The number of nitrogens with one attached hydrogen (secondary N) is 2. The summed E-state index contributed by atoms with van der Waals surface area (Å²) in [6.45, 7) is 1.97. The first-order valence-corrected chi connectivity index (χ1v) is 10.2. The maximum atomic E-state index is 12.8. The largest absolute Gasteiger partial charge is 0.495 e. The number of carbonyl (C=O) groups excluding carboxylic acids is 1. The van der Waals surface area contributed by atoms with Crippen molar-refractivity contribution in [1.29, 1.82) is 0 Å². The number of hydrogen-bond donors (Lipinski definition) is 2. The molecule has 30 heavy (non-hydrogen) atoms. The fraction of sp³-hybridized carbons (Fsp3) is 0.292. The summed E-state index contributed by atoms with van der Waals surface area (Å²) in [7, 11) is 1.58. The highest BCUT2D eigenvalue weighted by Crippen LogP contribution is 2.26. The molecule has 0 saturated carbocycles.